The number of H-pyrrole nitrogens is 2. The lowest BCUT2D eigenvalue weighted by Crippen LogP contribution is -2.57. The van der Waals surface area contributed by atoms with Gasteiger partial charge < -0.3 is 114 Å². The highest BCUT2D eigenvalue weighted by atomic mass is 32.2. The lowest BCUT2D eigenvalue weighted by atomic mass is 10.0. The smallest absolute Gasteiger partial charge is 0.132 e. The zero-order chi connectivity index (χ0) is 71.2. The number of nitrogens with one attached hydrogen (secondary N) is 2. The van der Waals surface area contributed by atoms with E-state index >= 15 is 0 Å². The third kappa shape index (κ3) is 17.8. The summed E-state index contributed by atoms with van der Waals surface area (Å²) in [6.45, 7) is 0.858. The standard InChI is InChI=1S/C74H84N4O21S3/c79-38-56-63(82)66(85)69(88)72(97-56)100-35-32-91-26-29-94-45-12-6-42(7-13-45)60-50-20-18-48(75-50)59(41-4-2-1-3-5-41)49-19-21-51(76-49)61(43-8-14-46(15-9-43)95-30-27-92-33-36-101-73-70(89)67(86)64(83)57(39-80)98-73)53-23-25-55(78-53)62(54-24-22-52(60)77-54)44-10-16-47(17-11-44)96-31-28-93-34-37-102-74-71(90)68(87)65(84)58(40-81)99-74/h1-25,56-58,63-75,77,79-90H,26-40H2/t56-,57-,58-,63+,64+,65+,66-,67-,68-,69-,70-,71-,72+,73+,74+/m1/s1. The zero-order valence-electron chi connectivity index (χ0n) is 55.4. The lowest BCUT2D eigenvalue weighted by molar-refractivity contribution is -0.205. The monoisotopic (exact) mass is 1460 g/mol. The van der Waals surface area contributed by atoms with E-state index < -0.39 is 109 Å². The molecule has 0 saturated carbocycles. The van der Waals surface area contributed by atoms with Gasteiger partial charge in [-0.05, 0) is 107 Å². The Morgan fingerprint density at radius 2 is 0.608 bits per heavy atom. The van der Waals surface area contributed by atoms with E-state index in [4.69, 9.17) is 52.6 Å². The number of nitrogens with zero attached hydrogens (tertiary/aromatic N) is 2. The largest absolute Gasteiger partial charge is 0.491 e. The number of aliphatic hydroxyl groups excluding tert-OH is 12. The summed E-state index contributed by atoms with van der Waals surface area (Å²) in [4.78, 5) is 18.5. The maximum absolute atomic E-state index is 10.4. The number of hydrogen-bond acceptors (Lipinski definition) is 26. The first-order valence-electron chi connectivity index (χ1n) is 33.6. The van der Waals surface area contributed by atoms with Crippen molar-refractivity contribution in [1.29, 1.82) is 0 Å². The number of ether oxygens (including phenoxy) is 9. The first kappa shape index (κ1) is 74.9. The molecule has 4 aromatic carbocycles. The van der Waals surface area contributed by atoms with Crippen LogP contribution in [-0.4, -0.2) is 267 Å². The third-order valence-electron chi connectivity index (χ3n) is 17.8. The Morgan fingerprint density at radius 3 is 0.941 bits per heavy atom. The second-order valence-electron chi connectivity index (χ2n) is 24.5. The molecule has 0 aliphatic carbocycles. The van der Waals surface area contributed by atoms with Gasteiger partial charge in [-0.1, -0.05) is 66.7 Å². The van der Waals surface area contributed by atoms with Crippen LogP contribution < -0.4 is 14.2 Å². The Hall–Kier alpha value is -6.79. The van der Waals surface area contributed by atoms with Crippen LogP contribution in [0.15, 0.2) is 127 Å². The van der Waals surface area contributed by atoms with E-state index in [0.29, 0.717) is 64.8 Å². The van der Waals surface area contributed by atoms with Crippen LogP contribution in [0.3, 0.4) is 0 Å². The van der Waals surface area contributed by atoms with Crippen molar-refractivity contribution < 1.29 is 104 Å². The third-order valence-corrected chi connectivity index (χ3v) is 21.2. The molecule has 15 atom stereocenters. The Bertz CT molecular complexity index is 4090. The van der Waals surface area contributed by atoms with Gasteiger partial charge in [0.2, 0.25) is 0 Å². The number of aromatic amines is 2. The van der Waals surface area contributed by atoms with Gasteiger partial charge in [-0.15, -0.1) is 35.3 Å². The molecule has 28 heteroatoms. The lowest BCUT2D eigenvalue weighted by Gasteiger charge is -2.39. The molecule has 3 saturated heterocycles. The van der Waals surface area contributed by atoms with E-state index in [1.807, 2.05) is 121 Å². The molecule has 7 aromatic rings. The summed E-state index contributed by atoms with van der Waals surface area (Å²) in [5, 5.41) is 121. The first-order valence-corrected chi connectivity index (χ1v) is 36.8. The molecule has 25 nitrogen and oxygen atoms in total. The van der Waals surface area contributed by atoms with Gasteiger partial charge in [0.25, 0.3) is 0 Å². The molecule has 102 heavy (non-hydrogen) atoms. The summed E-state index contributed by atoms with van der Waals surface area (Å²) >= 11 is 3.64. The SMILES string of the molecule is OC[C@H]1O[C@@H](SCCOCCOc2ccc(-c3c4nc(c(-c5ccccc5)c5ccc([nH]5)c(-c5ccc(OCCOCCS[C@@H]6O[C@H](CO)[C@H](O)[C@@H](O)[C@H]6O)cc5)c5ccc([nH]5)c(-c5ccc(OCCOCCS[C@@H]6O[C@H](CO)[C@H](O)[C@@H](O)[C@H]6O)cc5)c5nc3C=C5)C=C4)cc2)[C@H](O)[C@H](O)[C@H]1O. The number of benzene rings is 4. The molecule has 0 spiro atoms. The van der Waals surface area contributed by atoms with Crippen LogP contribution in [0, 0.1) is 0 Å². The average Bonchev–Trinajstić information content (AvgIpc) is 1.61. The highest BCUT2D eigenvalue weighted by molar-refractivity contribution is 8.00. The molecular formula is C74H84N4O21S3. The van der Waals surface area contributed by atoms with Gasteiger partial charge in [-0.2, -0.15) is 0 Å². The molecule has 8 bridgehead atoms. The number of fused-ring (bicyclic) bond motifs is 8. The normalized spacial score (nSPS) is 25.6. The predicted octanol–water partition coefficient (Wildman–Crippen LogP) is 5.11. The molecule has 3 aromatic heterocycles. The van der Waals surface area contributed by atoms with Crippen molar-refractivity contribution in [3.05, 3.63) is 150 Å². The van der Waals surface area contributed by atoms with Gasteiger partial charge in [-0.3, -0.25) is 0 Å². The minimum Gasteiger partial charge on any atom is -0.491 e. The van der Waals surface area contributed by atoms with Gasteiger partial charge in [0.1, 0.15) is 127 Å². The van der Waals surface area contributed by atoms with Gasteiger partial charge >= 0.3 is 0 Å². The number of aromatic nitrogens is 4. The van der Waals surface area contributed by atoms with Crippen molar-refractivity contribution >= 4 is 81.7 Å². The van der Waals surface area contributed by atoms with E-state index in [-0.39, 0.29) is 46.2 Å². The number of rotatable bonds is 31. The zero-order valence-corrected chi connectivity index (χ0v) is 57.8. The van der Waals surface area contributed by atoms with Crippen LogP contribution in [0.25, 0.3) is 90.9 Å². The fraction of sp³-hybridized carbons (Fsp3) is 0.405. The number of aliphatic hydroxyl groups is 12. The average molecular weight is 1460 g/mol. The Labute approximate surface area is 600 Å². The fourth-order valence-corrected chi connectivity index (χ4v) is 15.5. The van der Waals surface area contributed by atoms with Crippen molar-refractivity contribution in [2.75, 3.05) is 96.5 Å². The van der Waals surface area contributed by atoms with Gasteiger partial charge in [-0.25, -0.2) is 9.97 Å². The Kier molecular flexibility index (Phi) is 26.3. The van der Waals surface area contributed by atoms with Crippen molar-refractivity contribution in [1.82, 2.24) is 19.9 Å². The number of thioether (sulfide) groups is 3. The molecule has 8 heterocycles. The molecule has 0 amide bonds. The highest BCUT2D eigenvalue weighted by Crippen LogP contribution is 2.41. The highest BCUT2D eigenvalue weighted by Gasteiger charge is 2.46. The van der Waals surface area contributed by atoms with Gasteiger partial charge in [0.15, 0.2) is 0 Å². The maximum Gasteiger partial charge on any atom is 0.132 e. The minimum absolute atomic E-state index is 0.231. The van der Waals surface area contributed by atoms with Crippen LogP contribution in [0.1, 0.15) is 22.8 Å². The molecule has 544 valence electrons. The first-order chi connectivity index (χ1) is 49.7. The van der Waals surface area contributed by atoms with Crippen LogP contribution >= 0.6 is 35.3 Å². The quantitative estimate of drug-likeness (QED) is 0.0251. The van der Waals surface area contributed by atoms with Crippen LogP contribution in [-0.2, 0) is 28.4 Å². The van der Waals surface area contributed by atoms with Crippen LogP contribution in [0.5, 0.6) is 17.2 Å². The van der Waals surface area contributed by atoms with Gasteiger partial charge in [0.05, 0.1) is 82.2 Å². The molecule has 0 radical (unpaired) electrons. The van der Waals surface area contributed by atoms with E-state index in [9.17, 15) is 61.3 Å². The summed E-state index contributed by atoms with van der Waals surface area (Å²) in [7, 11) is 0. The summed E-state index contributed by atoms with van der Waals surface area (Å²) in [6.07, 6.45) is -7.55. The van der Waals surface area contributed by atoms with Gasteiger partial charge in [0, 0.05) is 61.6 Å². The summed E-state index contributed by atoms with van der Waals surface area (Å²) in [5.41, 5.74) is 10.2. The summed E-state index contributed by atoms with van der Waals surface area (Å²) in [5.74, 6) is 3.06. The Balaban J connectivity index is 0.817. The van der Waals surface area contributed by atoms with E-state index in [0.717, 1.165) is 72.3 Å². The predicted molar refractivity (Wildman–Crippen MR) is 388 cm³/mol. The van der Waals surface area contributed by atoms with E-state index in [2.05, 4.69) is 40.3 Å². The van der Waals surface area contributed by atoms with Crippen LogP contribution in [0.2, 0.25) is 0 Å². The van der Waals surface area contributed by atoms with E-state index in [1.54, 1.807) is 0 Å². The maximum atomic E-state index is 10.4. The topological polar surface area (TPSA) is 383 Å². The van der Waals surface area contributed by atoms with Crippen LogP contribution in [0.4, 0.5) is 0 Å². The second kappa shape index (κ2) is 35.8. The molecule has 12 rings (SSSR count). The van der Waals surface area contributed by atoms with Crippen molar-refractivity contribution in [2.24, 2.45) is 0 Å². The van der Waals surface area contributed by atoms with Crippen molar-refractivity contribution in [2.45, 2.75) is 89.6 Å². The second-order valence-corrected chi connectivity index (χ2v) is 28.1. The summed E-state index contributed by atoms with van der Waals surface area (Å²) < 4.78 is 52.8. The van der Waals surface area contributed by atoms with Crippen molar-refractivity contribution in [3.8, 4) is 61.8 Å². The molecule has 5 aliphatic rings. The molecule has 3 fully saturated rings. The minimum atomic E-state index is -1.45. The number of hydrogen-bond donors (Lipinski definition) is 14. The molecule has 5 aliphatic heterocycles. The van der Waals surface area contributed by atoms with E-state index in [1.165, 1.54) is 35.3 Å². The fourth-order valence-electron chi connectivity index (χ4n) is 12.4. The molecule has 0 unspecified atom stereocenters. The molecular weight excluding hydrogens is 1380 g/mol. The van der Waals surface area contributed by atoms with Crippen molar-refractivity contribution in [3.63, 3.8) is 0 Å². The Morgan fingerprint density at radius 1 is 0.314 bits per heavy atom. The summed E-state index contributed by atoms with van der Waals surface area (Å²) in [6, 6.07) is 41.6. The molecule has 14 N–H and O–H groups in total.